The summed E-state index contributed by atoms with van der Waals surface area (Å²) >= 11 is 0. The van der Waals surface area contributed by atoms with Crippen molar-refractivity contribution in [3.05, 3.63) is 0 Å². The van der Waals surface area contributed by atoms with Crippen molar-refractivity contribution in [3.8, 4) is 0 Å². The maximum atomic E-state index is 5.98. The van der Waals surface area contributed by atoms with Crippen LogP contribution < -0.4 is 5.73 Å². The molecule has 0 bridgehead atoms. The van der Waals surface area contributed by atoms with Gasteiger partial charge in [0, 0.05) is 31.8 Å². The van der Waals surface area contributed by atoms with Crippen molar-refractivity contribution in [2.24, 2.45) is 11.7 Å². The number of rotatable bonds is 4. The topological polar surface area (TPSA) is 38.5 Å². The zero-order chi connectivity index (χ0) is 11.6. The summed E-state index contributed by atoms with van der Waals surface area (Å²) in [6, 6.07) is 0. The van der Waals surface area contributed by atoms with E-state index in [2.05, 4.69) is 18.7 Å². The number of piperidine rings is 1. The summed E-state index contributed by atoms with van der Waals surface area (Å²) in [4.78, 5) is 2.63. The highest BCUT2D eigenvalue weighted by molar-refractivity contribution is 5.03. The van der Waals surface area contributed by atoms with Gasteiger partial charge in [-0.3, -0.25) is 4.90 Å². The van der Waals surface area contributed by atoms with Gasteiger partial charge in [-0.1, -0.05) is 6.92 Å². The zero-order valence-electron chi connectivity index (χ0n) is 10.7. The molecular formula is C13H26N2O. The predicted octanol–water partition coefficient (Wildman–Crippen LogP) is 1.61. The number of ether oxygens (including phenoxy) is 1. The summed E-state index contributed by atoms with van der Waals surface area (Å²) in [6.45, 7) is 8.45. The maximum Gasteiger partial charge on any atom is 0.0599 e. The summed E-state index contributed by atoms with van der Waals surface area (Å²) in [5, 5.41) is 0. The van der Waals surface area contributed by atoms with E-state index in [-0.39, 0.29) is 0 Å². The minimum absolute atomic E-state index is 0.344. The van der Waals surface area contributed by atoms with Crippen molar-refractivity contribution in [3.63, 3.8) is 0 Å². The second-order valence-electron chi connectivity index (χ2n) is 5.58. The van der Waals surface area contributed by atoms with Gasteiger partial charge in [-0.2, -0.15) is 0 Å². The lowest BCUT2D eigenvalue weighted by molar-refractivity contribution is -0.0607. The molecule has 1 aliphatic heterocycles. The van der Waals surface area contributed by atoms with Gasteiger partial charge in [-0.15, -0.1) is 0 Å². The fraction of sp³-hybridized carbons (Fsp3) is 1.00. The molecule has 3 nitrogen and oxygen atoms in total. The standard InChI is InChI=1S/C13H26N2O/c1-3-16-12-4-6-15(7-5-12)13(10-14)8-11(2)9-13/h11-12H,3-10,14H2,1-2H3. The number of likely N-dealkylation sites (tertiary alicyclic amines) is 1. The van der Waals surface area contributed by atoms with Crippen LogP contribution in [0.1, 0.15) is 39.5 Å². The lowest BCUT2D eigenvalue weighted by Crippen LogP contribution is -2.63. The minimum Gasteiger partial charge on any atom is -0.378 e. The lowest BCUT2D eigenvalue weighted by atomic mass is 9.67. The highest BCUT2D eigenvalue weighted by Crippen LogP contribution is 2.42. The molecule has 0 radical (unpaired) electrons. The van der Waals surface area contributed by atoms with Crippen molar-refractivity contribution < 1.29 is 4.74 Å². The molecule has 0 aromatic rings. The Kier molecular flexibility index (Phi) is 3.88. The third-order valence-electron chi connectivity index (χ3n) is 4.35. The number of hydrogen-bond acceptors (Lipinski definition) is 3. The van der Waals surface area contributed by atoms with E-state index < -0.39 is 0 Å². The molecule has 0 aromatic carbocycles. The Labute approximate surface area is 99.3 Å². The first kappa shape index (κ1) is 12.3. The Morgan fingerprint density at radius 2 is 1.94 bits per heavy atom. The van der Waals surface area contributed by atoms with Crippen LogP contribution in [0.2, 0.25) is 0 Å². The van der Waals surface area contributed by atoms with Crippen LogP contribution in [0, 0.1) is 5.92 Å². The first-order valence-corrected chi connectivity index (χ1v) is 6.77. The summed E-state index contributed by atoms with van der Waals surface area (Å²) in [6.07, 6.45) is 5.45. The third-order valence-corrected chi connectivity index (χ3v) is 4.35. The van der Waals surface area contributed by atoms with Crippen LogP contribution in [-0.4, -0.2) is 42.8 Å². The van der Waals surface area contributed by atoms with E-state index in [1.807, 2.05) is 0 Å². The van der Waals surface area contributed by atoms with Crippen molar-refractivity contribution in [2.75, 3.05) is 26.2 Å². The summed E-state index contributed by atoms with van der Waals surface area (Å²) in [5.74, 6) is 0.869. The Hall–Kier alpha value is -0.120. The van der Waals surface area contributed by atoms with Gasteiger partial charge in [0.2, 0.25) is 0 Å². The normalized spacial score (nSPS) is 37.3. The van der Waals surface area contributed by atoms with Gasteiger partial charge in [-0.05, 0) is 38.5 Å². The molecule has 3 heteroatoms. The highest BCUT2D eigenvalue weighted by atomic mass is 16.5. The van der Waals surface area contributed by atoms with Gasteiger partial charge in [0.05, 0.1) is 6.10 Å². The van der Waals surface area contributed by atoms with Crippen molar-refractivity contribution in [1.82, 2.24) is 4.90 Å². The molecule has 1 heterocycles. The molecular weight excluding hydrogens is 200 g/mol. The van der Waals surface area contributed by atoms with Gasteiger partial charge in [0.15, 0.2) is 0 Å². The Balaban J connectivity index is 1.84. The predicted molar refractivity (Wildman–Crippen MR) is 66.4 cm³/mol. The number of hydrogen-bond donors (Lipinski definition) is 1. The quantitative estimate of drug-likeness (QED) is 0.791. The van der Waals surface area contributed by atoms with Crippen molar-refractivity contribution >= 4 is 0 Å². The minimum atomic E-state index is 0.344. The molecule has 2 fully saturated rings. The van der Waals surface area contributed by atoms with Gasteiger partial charge in [0.25, 0.3) is 0 Å². The average Bonchev–Trinajstić information content (AvgIpc) is 2.26. The lowest BCUT2D eigenvalue weighted by Gasteiger charge is -2.55. The van der Waals surface area contributed by atoms with Crippen molar-refractivity contribution in [1.29, 1.82) is 0 Å². The summed E-state index contributed by atoms with van der Waals surface area (Å²) < 4.78 is 5.69. The smallest absolute Gasteiger partial charge is 0.0599 e. The van der Waals surface area contributed by atoms with Crippen molar-refractivity contribution in [2.45, 2.75) is 51.2 Å². The van der Waals surface area contributed by atoms with Gasteiger partial charge in [-0.25, -0.2) is 0 Å². The van der Waals surface area contributed by atoms with E-state index in [0.717, 1.165) is 19.1 Å². The monoisotopic (exact) mass is 226 g/mol. The van der Waals surface area contributed by atoms with E-state index in [0.29, 0.717) is 11.6 Å². The molecule has 94 valence electrons. The van der Waals surface area contributed by atoms with E-state index in [9.17, 15) is 0 Å². The molecule has 16 heavy (non-hydrogen) atoms. The second-order valence-corrected chi connectivity index (χ2v) is 5.58. The first-order chi connectivity index (χ1) is 7.70. The highest BCUT2D eigenvalue weighted by Gasteiger charge is 2.46. The fourth-order valence-electron chi connectivity index (χ4n) is 3.52. The van der Waals surface area contributed by atoms with E-state index >= 15 is 0 Å². The van der Waals surface area contributed by atoms with E-state index in [4.69, 9.17) is 10.5 Å². The maximum absolute atomic E-state index is 5.98. The summed E-state index contributed by atoms with van der Waals surface area (Å²) in [7, 11) is 0. The number of nitrogens with two attached hydrogens (primary N) is 1. The Morgan fingerprint density at radius 1 is 1.31 bits per heavy atom. The number of nitrogens with zero attached hydrogens (tertiary/aromatic N) is 1. The fourth-order valence-corrected chi connectivity index (χ4v) is 3.52. The molecule has 0 amide bonds. The Bertz CT molecular complexity index is 218. The molecule has 2 aliphatic rings. The molecule has 0 unspecified atom stereocenters. The van der Waals surface area contributed by atoms with Crippen LogP contribution in [0.15, 0.2) is 0 Å². The van der Waals surface area contributed by atoms with Crippen LogP contribution in [0.25, 0.3) is 0 Å². The summed E-state index contributed by atoms with van der Waals surface area (Å²) in [5.41, 5.74) is 6.33. The van der Waals surface area contributed by atoms with Gasteiger partial charge < -0.3 is 10.5 Å². The van der Waals surface area contributed by atoms with Crippen LogP contribution in [0.5, 0.6) is 0 Å². The molecule has 1 saturated carbocycles. The SMILES string of the molecule is CCOC1CCN(C2(CN)CC(C)C2)CC1. The largest absolute Gasteiger partial charge is 0.378 e. The van der Waals surface area contributed by atoms with Crippen LogP contribution >= 0.6 is 0 Å². The molecule has 0 spiro atoms. The first-order valence-electron chi connectivity index (χ1n) is 6.77. The van der Waals surface area contributed by atoms with Crippen LogP contribution in [0.3, 0.4) is 0 Å². The molecule has 0 atom stereocenters. The Morgan fingerprint density at radius 3 is 2.38 bits per heavy atom. The average molecular weight is 226 g/mol. The second kappa shape index (κ2) is 5.03. The van der Waals surface area contributed by atoms with Crippen LogP contribution in [-0.2, 0) is 4.74 Å². The van der Waals surface area contributed by atoms with E-state index in [1.165, 1.54) is 38.8 Å². The van der Waals surface area contributed by atoms with Gasteiger partial charge in [0.1, 0.15) is 0 Å². The molecule has 1 saturated heterocycles. The van der Waals surface area contributed by atoms with Gasteiger partial charge >= 0.3 is 0 Å². The van der Waals surface area contributed by atoms with E-state index in [1.54, 1.807) is 0 Å². The molecule has 2 rings (SSSR count). The van der Waals surface area contributed by atoms with Crippen LogP contribution in [0.4, 0.5) is 0 Å². The third kappa shape index (κ3) is 2.27. The molecule has 0 aromatic heterocycles. The molecule has 2 N–H and O–H groups in total. The molecule has 1 aliphatic carbocycles. The zero-order valence-corrected chi connectivity index (χ0v) is 10.7.